The van der Waals surface area contributed by atoms with Gasteiger partial charge in [-0.15, -0.1) is 0 Å². The van der Waals surface area contributed by atoms with Crippen LogP contribution in [0.4, 0.5) is 0 Å². The summed E-state index contributed by atoms with van der Waals surface area (Å²) in [6.45, 7) is 4.08. The first-order valence-electron chi connectivity index (χ1n) is 35.7. The summed E-state index contributed by atoms with van der Waals surface area (Å²) in [5.74, 6) is -0.596. The lowest BCUT2D eigenvalue weighted by Crippen LogP contribution is -2.53. The topological polar surface area (TPSA) is 110 Å². The summed E-state index contributed by atoms with van der Waals surface area (Å²) in [5.41, 5.74) is 0. The van der Waals surface area contributed by atoms with Gasteiger partial charge in [0.25, 0.3) is 0 Å². The molecular formula is C74H139NO5. The van der Waals surface area contributed by atoms with E-state index in [4.69, 9.17) is 0 Å². The maximum absolute atomic E-state index is 12.7. The number of aliphatic hydroxyl groups excluding tert-OH is 4. The van der Waals surface area contributed by atoms with Crippen LogP contribution in [0.5, 0.6) is 0 Å². The maximum atomic E-state index is 12.7. The lowest BCUT2D eigenvalue weighted by Gasteiger charge is -2.27. The van der Waals surface area contributed by atoms with Gasteiger partial charge in [0.15, 0.2) is 0 Å². The van der Waals surface area contributed by atoms with Gasteiger partial charge in [-0.1, -0.05) is 338 Å². The van der Waals surface area contributed by atoms with Crippen LogP contribution >= 0.6 is 0 Å². The van der Waals surface area contributed by atoms with Crippen LogP contribution in [0.3, 0.4) is 0 Å². The van der Waals surface area contributed by atoms with Gasteiger partial charge in [0.05, 0.1) is 18.8 Å². The Kier molecular flexibility index (Phi) is 66.1. The average Bonchev–Trinajstić information content (AvgIpc) is 3.46. The van der Waals surface area contributed by atoms with E-state index in [9.17, 15) is 25.2 Å². The number of aliphatic hydroxyl groups is 4. The van der Waals surface area contributed by atoms with Gasteiger partial charge < -0.3 is 25.7 Å². The molecule has 4 atom stereocenters. The van der Waals surface area contributed by atoms with E-state index in [1.807, 2.05) is 0 Å². The van der Waals surface area contributed by atoms with Crippen molar-refractivity contribution >= 4 is 5.91 Å². The molecule has 0 aliphatic carbocycles. The minimum Gasteiger partial charge on any atom is -0.394 e. The Morgan fingerprint density at radius 1 is 0.312 bits per heavy atom. The minimum atomic E-state index is -1.30. The van der Waals surface area contributed by atoms with E-state index < -0.39 is 36.9 Å². The Hall–Kier alpha value is -1.99. The molecule has 4 unspecified atom stereocenters. The fourth-order valence-corrected chi connectivity index (χ4v) is 11.1. The molecule has 0 radical (unpaired) electrons. The van der Waals surface area contributed by atoms with Gasteiger partial charge in [0.1, 0.15) is 12.2 Å². The molecule has 0 saturated heterocycles. The monoisotopic (exact) mass is 1120 g/mol. The van der Waals surface area contributed by atoms with Gasteiger partial charge in [0.2, 0.25) is 5.91 Å². The highest BCUT2D eigenvalue weighted by molar-refractivity contribution is 5.80. The van der Waals surface area contributed by atoms with Crippen LogP contribution in [0, 0.1) is 0 Å². The molecule has 0 fully saturated rings. The summed E-state index contributed by atoms with van der Waals surface area (Å²) < 4.78 is 0. The quantitative estimate of drug-likeness (QED) is 0.0308. The van der Waals surface area contributed by atoms with Crippen molar-refractivity contribution < 1.29 is 25.2 Å². The second-order valence-corrected chi connectivity index (χ2v) is 24.6. The van der Waals surface area contributed by atoms with Crippen LogP contribution in [0.25, 0.3) is 0 Å². The maximum Gasteiger partial charge on any atom is 0.249 e. The molecule has 6 nitrogen and oxygen atoms in total. The number of amides is 1. The van der Waals surface area contributed by atoms with Crippen LogP contribution in [-0.2, 0) is 4.79 Å². The number of allylic oxidation sites excluding steroid dienone is 10. The van der Waals surface area contributed by atoms with Crippen molar-refractivity contribution in [2.75, 3.05) is 6.61 Å². The van der Waals surface area contributed by atoms with Crippen LogP contribution in [0.1, 0.15) is 373 Å². The summed E-state index contributed by atoms with van der Waals surface area (Å²) in [4.78, 5) is 12.7. The van der Waals surface area contributed by atoms with Gasteiger partial charge in [-0.2, -0.15) is 0 Å². The zero-order chi connectivity index (χ0) is 58.0. The summed E-state index contributed by atoms with van der Waals surface area (Å²) >= 11 is 0. The molecule has 0 spiro atoms. The number of carbonyl (C=O) groups excluding carboxylic acids is 1. The van der Waals surface area contributed by atoms with Gasteiger partial charge >= 0.3 is 0 Å². The molecule has 1 amide bonds. The molecule has 0 aliphatic heterocycles. The first-order valence-corrected chi connectivity index (χ1v) is 35.7. The summed E-state index contributed by atoms with van der Waals surface area (Å²) in [5, 5.41) is 44.2. The van der Waals surface area contributed by atoms with E-state index in [2.05, 4.69) is 79.9 Å². The van der Waals surface area contributed by atoms with E-state index >= 15 is 0 Å². The summed E-state index contributed by atoms with van der Waals surface area (Å²) in [7, 11) is 0. The molecule has 0 heterocycles. The highest BCUT2D eigenvalue weighted by Gasteiger charge is 2.28. The molecule has 470 valence electrons. The Labute approximate surface area is 499 Å². The number of hydrogen-bond donors (Lipinski definition) is 5. The predicted molar refractivity (Wildman–Crippen MR) is 353 cm³/mol. The van der Waals surface area contributed by atoms with Crippen LogP contribution in [-0.4, -0.2) is 57.3 Å². The third-order valence-corrected chi connectivity index (χ3v) is 16.7. The van der Waals surface area contributed by atoms with E-state index in [1.165, 1.54) is 283 Å². The molecule has 0 aliphatic rings. The SMILES string of the molecule is CCCCCCCCCCCCC/C=C\C/C=C\CCCCCCCCCCCCCCCCCCC(O)C(=O)NC(CO)C(O)C(O)CCC/C=C/CC/C=C/CC/C=C/CCCCCCCCCCCCCCCCCCC. The van der Waals surface area contributed by atoms with Crippen LogP contribution in [0.15, 0.2) is 60.8 Å². The normalized spacial score (nSPS) is 13.8. The fraction of sp³-hybridized carbons (Fsp3) is 0.851. The molecule has 0 rings (SSSR count). The zero-order valence-electron chi connectivity index (χ0n) is 53.6. The van der Waals surface area contributed by atoms with Crippen molar-refractivity contribution in [3.8, 4) is 0 Å². The zero-order valence-corrected chi connectivity index (χ0v) is 53.6. The van der Waals surface area contributed by atoms with Gasteiger partial charge in [0, 0.05) is 0 Å². The van der Waals surface area contributed by atoms with E-state index in [1.54, 1.807) is 0 Å². The van der Waals surface area contributed by atoms with E-state index in [0.29, 0.717) is 19.3 Å². The third kappa shape index (κ3) is 60.6. The molecule has 80 heavy (non-hydrogen) atoms. The predicted octanol–water partition coefficient (Wildman–Crippen LogP) is 22.2. The highest BCUT2D eigenvalue weighted by Crippen LogP contribution is 2.19. The highest BCUT2D eigenvalue weighted by atomic mass is 16.3. The molecule has 0 aromatic heterocycles. The van der Waals surface area contributed by atoms with Crippen LogP contribution in [0.2, 0.25) is 0 Å². The lowest BCUT2D eigenvalue weighted by atomic mass is 10.00. The van der Waals surface area contributed by atoms with E-state index in [-0.39, 0.29) is 0 Å². The second kappa shape index (κ2) is 67.8. The Morgan fingerprint density at radius 2 is 0.562 bits per heavy atom. The third-order valence-electron chi connectivity index (χ3n) is 16.7. The van der Waals surface area contributed by atoms with Crippen molar-refractivity contribution in [3.63, 3.8) is 0 Å². The number of unbranched alkanes of at least 4 members (excludes halogenated alkanes) is 47. The van der Waals surface area contributed by atoms with Gasteiger partial charge in [-0.05, 0) is 96.3 Å². The molecule has 0 saturated carbocycles. The number of nitrogens with one attached hydrogen (secondary N) is 1. The minimum absolute atomic E-state index is 0.358. The molecule has 0 bridgehead atoms. The Balaban J connectivity index is 3.62. The fourth-order valence-electron chi connectivity index (χ4n) is 11.1. The number of carbonyl (C=O) groups is 1. The Bertz CT molecular complexity index is 1360. The van der Waals surface area contributed by atoms with Gasteiger partial charge in [-0.3, -0.25) is 4.79 Å². The molecule has 0 aromatic rings. The van der Waals surface area contributed by atoms with Crippen molar-refractivity contribution in [1.29, 1.82) is 0 Å². The lowest BCUT2D eigenvalue weighted by molar-refractivity contribution is -0.132. The summed E-state index contributed by atoms with van der Waals surface area (Å²) in [6.07, 6.45) is 90.7. The second-order valence-electron chi connectivity index (χ2n) is 24.6. The number of hydrogen-bond acceptors (Lipinski definition) is 5. The first kappa shape index (κ1) is 78.0. The van der Waals surface area contributed by atoms with E-state index in [0.717, 1.165) is 57.8 Å². The molecule has 6 heteroatoms. The van der Waals surface area contributed by atoms with Crippen molar-refractivity contribution in [1.82, 2.24) is 5.32 Å². The standard InChI is InChI=1S/C74H139NO5/c1-3-5-7-9-11-13-15-17-19-21-23-25-27-29-31-33-35-36-37-38-40-42-44-46-48-50-52-54-56-58-60-62-64-66-68-72(78)74(80)75-70(69-76)73(79)71(77)67-65-63-61-59-57-55-53-51-49-47-45-43-41-39-34-32-30-28-26-24-22-20-18-16-14-12-10-8-6-4-2/h27,29,33,35,43,45,51,53,59,61,70-73,76-79H,3-26,28,30-32,34,36-42,44,46-50,52,54-58,60,62-69H2,1-2H3,(H,75,80)/b29-27-,35-33-,45-43+,53-51+,61-59+. The van der Waals surface area contributed by atoms with Crippen molar-refractivity contribution in [2.45, 2.75) is 398 Å². The largest absolute Gasteiger partial charge is 0.394 e. The molecule has 0 aromatic carbocycles. The Morgan fingerprint density at radius 3 is 0.863 bits per heavy atom. The van der Waals surface area contributed by atoms with Crippen molar-refractivity contribution in [2.24, 2.45) is 0 Å². The molecule has 5 N–H and O–H groups in total. The smallest absolute Gasteiger partial charge is 0.249 e. The van der Waals surface area contributed by atoms with Crippen LogP contribution < -0.4 is 5.32 Å². The number of rotatable bonds is 66. The van der Waals surface area contributed by atoms with Gasteiger partial charge in [-0.25, -0.2) is 0 Å². The van der Waals surface area contributed by atoms with Crippen molar-refractivity contribution in [3.05, 3.63) is 60.8 Å². The average molecular weight is 1120 g/mol. The molecular weight excluding hydrogens is 983 g/mol. The first-order chi connectivity index (χ1) is 39.5. The summed E-state index contributed by atoms with van der Waals surface area (Å²) in [6, 6.07) is -1.02.